The smallest absolute Gasteiger partial charge is 0.00173 e. The maximum Gasteiger partial charge on any atom is -0.00173 e. The lowest BCUT2D eigenvalue weighted by molar-refractivity contribution is 0.354. The second-order valence-electron chi connectivity index (χ2n) is 5.23. The molecule has 1 nitrogen and oxygen atoms in total. The molecule has 1 N–H and O–H groups in total. The predicted octanol–water partition coefficient (Wildman–Crippen LogP) is 3.35. The highest BCUT2D eigenvalue weighted by Gasteiger charge is 2.25. The van der Waals surface area contributed by atoms with Crippen LogP contribution in [0.5, 0.6) is 0 Å². The first-order chi connectivity index (χ1) is 6.97. The molecule has 0 aromatic rings. The molecular formula is C13H25N. The Morgan fingerprint density at radius 2 is 1.00 bits per heavy atom. The zero-order chi connectivity index (χ0) is 9.64. The van der Waals surface area contributed by atoms with Gasteiger partial charge >= 0.3 is 0 Å². The van der Waals surface area contributed by atoms with Crippen LogP contribution in [0, 0.1) is 11.8 Å². The van der Waals surface area contributed by atoms with Gasteiger partial charge in [-0.25, -0.2) is 0 Å². The van der Waals surface area contributed by atoms with Gasteiger partial charge in [-0.15, -0.1) is 0 Å². The first kappa shape index (κ1) is 10.5. The van der Waals surface area contributed by atoms with Crippen LogP contribution in [-0.4, -0.2) is 13.1 Å². The topological polar surface area (TPSA) is 12.0 Å². The minimum Gasteiger partial charge on any atom is -0.316 e. The fourth-order valence-corrected chi connectivity index (χ4v) is 3.16. The van der Waals surface area contributed by atoms with Crippen molar-refractivity contribution in [2.45, 2.75) is 57.8 Å². The lowest BCUT2D eigenvalue weighted by atomic mass is 9.87. The molecule has 0 aromatic heterocycles. The van der Waals surface area contributed by atoms with Crippen LogP contribution in [-0.2, 0) is 0 Å². The first-order valence-electron chi connectivity index (χ1n) is 6.67. The molecule has 2 rings (SSSR count). The third-order valence-electron chi connectivity index (χ3n) is 4.13. The van der Waals surface area contributed by atoms with Crippen LogP contribution >= 0.6 is 0 Å². The van der Waals surface area contributed by atoms with Crippen LogP contribution in [0.4, 0.5) is 0 Å². The van der Waals surface area contributed by atoms with Gasteiger partial charge in [0.25, 0.3) is 0 Å². The Kier molecular flexibility index (Phi) is 4.30. The van der Waals surface area contributed by atoms with E-state index in [0.29, 0.717) is 0 Å². The fraction of sp³-hybridized carbons (Fsp3) is 1.00. The normalized spacial score (nSPS) is 36.0. The zero-order valence-electron chi connectivity index (χ0n) is 9.43. The molecule has 0 aromatic carbocycles. The molecule has 2 atom stereocenters. The standard InChI is InChI=1S/C13H25N/c1-2-4-6-8-12-10-14-11-13(12)9-7-5-3-1/h12-14H,1-11H2. The molecule has 0 spiro atoms. The van der Waals surface area contributed by atoms with Crippen LogP contribution < -0.4 is 5.32 Å². The largest absolute Gasteiger partial charge is 0.316 e. The minimum atomic E-state index is 1.02. The van der Waals surface area contributed by atoms with Crippen molar-refractivity contribution in [3.05, 3.63) is 0 Å². The monoisotopic (exact) mass is 195 g/mol. The van der Waals surface area contributed by atoms with Crippen LogP contribution in [0.2, 0.25) is 0 Å². The summed E-state index contributed by atoms with van der Waals surface area (Å²) in [6.45, 7) is 2.62. The molecule has 0 bridgehead atoms. The number of hydrogen-bond donors (Lipinski definition) is 1. The second-order valence-corrected chi connectivity index (χ2v) is 5.23. The van der Waals surface area contributed by atoms with Crippen molar-refractivity contribution in [1.29, 1.82) is 0 Å². The van der Waals surface area contributed by atoms with Crippen LogP contribution in [0.25, 0.3) is 0 Å². The van der Waals surface area contributed by atoms with Gasteiger partial charge in [-0.1, -0.05) is 44.9 Å². The Labute approximate surface area is 88.7 Å². The maximum atomic E-state index is 3.58. The molecule has 1 heteroatoms. The molecule has 1 aliphatic heterocycles. The molecule has 1 aliphatic carbocycles. The highest BCUT2D eigenvalue weighted by molar-refractivity contribution is 4.81. The lowest BCUT2D eigenvalue weighted by Gasteiger charge is -2.17. The summed E-state index contributed by atoms with van der Waals surface area (Å²) in [5.41, 5.74) is 0. The Balaban J connectivity index is 1.80. The summed E-state index contributed by atoms with van der Waals surface area (Å²) in [5.74, 6) is 2.04. The van der Waals surface area contributed by atoms with E-state index in [4.69, 9.17) is 0 Å². The first-order valence-corrected chi connectivity index (χ1v) is 6.67. The average Bonchev–Trinajstić information content (AvgIpc) is 2.61. The van der Waals surface area contributed by atoms with Gasteiger partial charge in [0, 0.05) is 0 Å². The molecule has 1 saturated heterocycles. The quantitative estimate of drug-likeness (QED) is 0.625. The summed E-state index contributed by atoms with van der Waals surface area (Å²) in [6.07, 6.45) is 13.4. The molecule has 2 fully saturated rings. The molecule has 2 aliphatic rings. The highest BCUT2D eigenvalue weighted by Crippen LogP contribution is 2.28. The van der Waals surface area contributed by atoms with Gasteiger partial charge in [0.2, 0.25) is 0 Å². The van der Waals surface area contributed by atoms with E-state index in [1.54, 1.807) is 0 Å². The number of fused-ring (bicyclic) bond motifs is 1. The summed E-state index contributed by atoms with van der Waals surface area (Å²) >= 11 is 0. The molecule has 0 amide bonds. The van der Waals surface area contributed by atoms with E-state index in [1.807, 2.05) is 0 Å². The van der Waals surface area contributed by atoms with E-state index in [1.165, 1.54) is 70.9 Å². The van der Waals surface area contributed by atoms with Gasteiger partial charge in [0.05, 0.1) is 0 Å². The highest BCUT2D eigenvalue weighted by atomic mass is 14.9. The van der Waals surface area contributed by atoms with Gasteiger partial charge in [0.15, 0.2) is 0 Å². The Hall–Kier alpha value is -0.0400. The third-order valence-corrected chi connectivity index (χ3v) is 4.13. The summed E-state index contributed by atoms with van der Waals surface area (Å²) < 4.78 is 0. The van der Waals surface area contributed by atoms with Crippen molar-refractivity contribution in [2.24, 2.45) is 11.8 Å². The Bertz CT molecular complexity index is 139. The van der Waals surface area contributed by atoms with E-state index in [2.05, 4.69) is 5.32 Å². The zero-order valence-corrected chi connectivity index (χ0v) is 9.43. The minimum absolute atomic E-state index is 1.02. The number of nitrogens with one attached hydrogen (secondary N) is 1. The van der Waals surface area contributed by atoms with Crippen molar-refractivity contribution in [3.8, 4) is 0 Å². The number of rotatable bonds is 0. The van der Waals surface area contributed by atoms with Crippen molar-refractivity contribution in [3.63, 3.8) is 0 Å². The molecule has 1 saturated carbocycles. The summed E-state index contributed by atoms with van der Waals surface area (Å²) in [7, 11) is 0. The van der Waals surface area contributed by atoms with E-state index in [-0.39, 0.29) is 0 Å². The van der Waals surface area contributed by atoms with Crippen LogP contribution in [0.15, 0.2) is 0 Å². The van der Waals surface area contributed by atoms with E-state index < -0.39 is 0 Å². The summed E-state index contributed by atoms with van der Waals surface area (Å²) in [4.78, 5) is 0. The van der Waals surface area contributed by atoms with Gasteiger partial charge in [-0.3, -0.25) is 0 Å². The van der Waals surface area contributed by atoms with Gasteiger partial charge < -0.3 is 5.32 Å². The predicted molar refractivity (Wildman–Crippen MR) is 61.4 cm³/mol. The van der Waals surface area contributed by atoms with Crippen LogP contribution in [0.3, 0.4) is 0 Å². The van der Waals surface area contributed by atoms with Crippen molar-refractivity contribution in [1.82, 2.24) is 5.32 Å². The van der Waals surface area contributed by atoms with Crippen LogP contribution in [0.1, 0.15) is 57.8 Å². The number of hydrogen-bond acceptors (Lipinski definition) is 1. The SMILES string of the molecule is C1CCCCC2CNCC2CCCC1. The van der Waals surface area contributed by atoms with Gasteiger partial charge in [0.1, 0.15) is 0 Å². The molecule has 0 radical (unpaired) electrons. The van der Waals surface area contributed by atoms with Gasteiger partial charge in [-0.2, -0.15) is 0 Å². The van der Waals surface area contributed by atoms with E-state index >= 15 is 0 Å². The average molecular weight is 195 g/mol. The summed E-state index contributed by atoms with van der Waals surface area (Å²) in [6, 6.07) is 0. The van der Waals surface area contributed by atoms with Crippen molar-refractivity contribution in [2.75, 3.05) is 13.1 Å². The van der Waals surface area contributed by atoms with E-state index in [0.717, 1.165) is 11.8 Å². The fourth-order valence-electron chi connectivity index (χ4n) is 3.16. The Morgan fingerprint density at radius 1 is 0.571 bits per heavy atom. The second kappa shape index (κ2) is 5.75. The van der Waals surface area contributed by atoms with Gasteiger partial charge in [-0.05, 0) is 37.8 Å². The van der Waals surface area contributed by atoms with Crippen molar-refractivity contribution < 1.29 is 0 Å². The van der Waals surface area contributed by atoms with Crippen molar-refractivity contribution >= 4 is 0 Å². The molecule has 14 heavy (non-hydrogen) atoms. The third kappa shape index (κ3) is 2.98. The summed E-state index contributed by atoms with van der Waals surface area (Å²) in [5, 5.41) is 3.58. The Morgan fingerprint density at radius 3 is 1.50 bits per heavy atom. The molecule has 1 heterocycles. The molecule has 2 unspecified atom stereocenters. The molecular weight excluding hydrogens is 170 g/mol. The molecule has 82 valence electrons. The lowest BCUT2D eigenvalue weighted by Crippen LogP contribution is -2.12. The maximum absolute atomic E-state index is 3.58. The van der Waals surface area contributed by atoms with E-state index in [9.17, 15) is 0 Å².